The molecule has 2 N–H and O–H groups in total. The molecule has 0 rings (SSSR count). The Morgan fingerprint density at radius 1 is 1.58 bits per heavy atom. The number of nitrogens with zero attached hydrogens (tertiary/aromatic N) is 1. The molecule has 0 radical (unpaired) electrons. The molecule has 1 unspecified atom stereocenters. The zero-order chi connectivity index (χ0) is 9.94. The fourth-order valence-electron chi connectivity index (χ4n) is 0.964. The normalized spacial score (nSPS) is 14.8. The van der Waals surface area contributed by atoms with Crippen LogP contribution in [0.5, 0.6) is 0 Å². The summed E-state index contributed by atoms with van der Waals surface area (Å²) in [7, 11) is 1.93. The van der Waals surface area contributed by atoms with Crippen LogP contribution in [0.15, 0.2) is 0 Å². The maximum Gasteiger partial charge on any atom is 0.234 e. The number of carbonyl (C=O) groups excluding carboxylic acids is 1. The molecule has 0 saturated carbocycles. The number of nitrogens with two attached hydrogens (primary N) is 1. The first kappa shape index (κ1) is 11.4. The Morgan fingerprint density at radius 3 is 2.25 bits per heavy atom. The maximum atomic E-state index is 10.9. The molecule has 0 fully saturated rings. The monoisotopic (exact) mass is 172 g/mol. The van der Waals surface area contributed by atoms with Crippen molar-refractivity contribution in [3.8, 4) is 0 Å². The first-order chi connectivity index (χ1) is 5.33. The molecule has 1 atom stereocenters. The van der Waals surface area contributed by atoms with Crippen molar-refractivity contribution < 1.29 is 4.79 Å². The summed E-state index contributed by atoms with van der Waals surface area (Å²) in [6, 6.07) is -0.194. The lowest BCUT2D eigenvalue weighted by atomic mass is 9.98. The largest absolute Gasteiger partial charge is 0.368 e. The lowest BCUT2D eigenvalue weighted by molar-refractivity contribution is -0.124. The summed E-state index contributed by atoms with van der Waals surface area (Å²) in [6.45, 7) is 8.14. The van der Waals surface area contributed by atoms with Crippen LogP contribution in [0, 0.1) is 0 Å². The van der Waals surface area contributed by atoms with Crippen LogP contribution in [0.3, 0.4) is 0 Å². The van der Waals surface area contributed by atoms with Crippen LogP contribution in [-0.4, -0.2) is 29.4 Å². The van der Waals surface area contributed by atoms with Gasteiger partial charge in [-0.05, 0) is 34.2 Å². The van der Waals surface area contributed by atoms with Crippen molar-refractivity contribution in [1.82, 2.24) is 4.90 Å². The van der Waals surface area contributed by atoms with Crippen LogP contribution in [-0.2, 0) is 4.79 Å². The Bertz CT molecular complexity index is 166. The van der Waals surface area contributed by atoms with Gasteiger partial charge in [0.15, 0.2) is 0 Å². The Hall–Kier alpha value is -0.570. The van der Waals surface area contributed by atoms with Gasteiger partial charge in [0.1, 0.15) is 0 Å². The van der Waals surface area contributed by atoms with E-state index in [1.54, 1.807) is 0 Å². The van der Waals surface area contributed by atoms with Crippen LogP contribution in [0.25, 0.3) is 0 Å². The zero-order valence-electron chi connectivity index (χ0n) is 8.72. The number of hydrogen-bond acceptors (Lipinski definition) is 2. The zero-order valence-corrected chi connectivity index (χ0v) is 8.72. The van der Waals surface area contributed by atoms with E-state index in [1.165, 1.54) is 0 Å². The Balaban J connectivity index is 4.37. The van der Waals surface area contributed by atoms with E-state index >= 15 is 0 Å². The molecule has 0 heterocycles. The summed E-state index contributed by atoms with van der Waals surface area (Å²) in [6.07, 6.45) is 1.00. The van der Waals surface area contributed by atoms with E-state index in [4.69, 9.17) is 5.73 Å². The van der Waals surface area contributed by atoms with Gasteiger partial charge < -0.3 is 5.73 Å². The third kappa shape index (κ3) is 2.48. The molecule has 0 spiro atoms. The van der Waals surface area contributed by atoms with Crippen molar-refractivity contribution in [2.45, 2.75) is 45.7 Å². The molecular formula is C9H20N2O. The lowest BCUT2D eigenvalue weighted by Gasteiger charge is -2.37. The van der Waals surface area contributed by atoms with E-state index in [0.29, 0.717) is 0 Å². The van der Waals surface area contributed by atoms with Gasteiger partial charge in [-0.15, -0.1) is 0 Å². The average Bonchev–Trinajstić information content (AvgIpc) is 2.01. The minimum absolute atomic E-state index is 0.0362. The Labute approximate surface area is 74.9 Å². The quantitative estimate of drug-likeness (QED) is 0.687. The second-order valence-electron chi connectivity index (χ2n) is 3.86. The number of hydrogen-bond donors (Lipinski definition) is 1. The van der Waals surface area contributed by atoms with Crippen LogP contribution in [0.2, 0.25) is 0 Å². The molecule has 0 aromatic carbocycles. The fourth-order valence-corrected chi connectivity index (χ4v) is 0.964. The van der Waals surface area contributed by atoms with E-state index in [9.17, 15) is 4.79 Å². The van der Waals surface area contributed by atoms with Crippen LogP contribution < -0.4 is 5.73 Å². The van der Waals surface area contributed by atoms with Crippen molar-refractivity contribution in [3.63, 3.8) is 0 Å². The molecule has 3 heteroatoms. The molecule has 72 valence electrons. The van der Waals surface area contributed by atoms with Gasteiger partial charge in [-0.1, -0.05) is 6.92 Å². The van der Waals surface area contributed by atoms with Crippen molar-refractivity contribution >= 4 is 5.91 Å². The van der Waals surface area contributed by atoms with Crippen molar-refractivity contribution in [3.05, 3.63) is 0 Å². The van der Waals surface area contributed by atoms with E-state index in [2.05, 4.69) is 20.8 Å². The van der Waals surface area contributed by atoms with Gasteiger partial charge >= 0.3 is 0 Å². The van der Waals surface area contributed by atoms with Gasteiger partial charge in [0.05, 0.1) is 6.04 Å². The highest BCUT2D eigenvalue weighted by atomic mass is 16.1. The summed E-state index contributed by atoms with van der Waals surface area (Å²) < 4.78 is 0. The average molecular weight is 172 g/mol. The fraction of sp³-hybridized carbons (Fsp3) is 0.889. The SMILES string of the molecule is CCC(C)(C)N(C)C(C)C(N)=O. The van der Waals surface area contributed by atoms with Gasteiger partial charge in [-0.2, -0.15) is 0 Å². The van der Waals surface area contributed by atoms with E-state index in [0.717, 1.165) is 6.42 Å². The Morgan fingerprint density at radius 2 is 2.00 bits per heavy atom. The van der Waals surface area contributed by atoms with Crippen LogP contribution in [0.1, 0.15) is 34.1 Å². The topological polar surface area (TPSA) is 46.3 Å². The number of rotatable bonds is 4. The summed E-state index contributed by atoms with van der Waals surface area (Å²) in [5, 5.41) is 0. The standard InChI is InChI=1S/C9H20N2O/c1-6-9(3,4)11(5)7(2)8(10)12/h7H,6H2,1-5H3,(H2,10,12). The predicted molar refractivity (Wildman–Crippen MR) is 50.8 cm³/mol. The first-order valence-corrected chi connectivity index (χ1v) is 4.35. The number of amides is 1. The molecule has 0 bridgehead atoms. The number of carbonyl (C=O) groups is 1. The minimum atomic E-state index is -0.265. The van der Waals surface area contributed by atoms with Gasteiger partial charge in [0.25, 0.3) is 0 Å². The lowest BCUT2D eigenvalue weighted by Crippen LogP contribution is -2.50. The van der Waals surface area contributed by atoms with E-state index < -0.39 is 0 Å². The van der Waals surface area contributed by atoms with Crippen LogP contribution in [0.4, 0.5) is 0 Å². The molecular weight excluding hydrogens is 152 g/mol. The second-order valence-corrected chi connectivity index (χ2v) is 3.86. The number of likely N-dealkylation sites (N-methyl/N-ethyl adjacent to an activating group) is 1. The third-order valence-corrected chi connectivity index (χ3v) is 2.81. The summed E-state index contributed by atoms with van der Waals surface area (Å²) in [5.41, 5.74) is 5.24. The summed E-state index contributed by atoms with van der Waals surface area (Å²) in [4.78, 5) is 12.9. The molecule has 1 amide bonds. The molecule has 0 aliphatic carbocycles. The molecule has 0 aliphatic rings. The second kappa shape index (κ2) is 3.90. The molecule has 0 aromatic heterocycles. The predicted octanol–water partition coefficient (Wildman–Crippen LogP) is 0.981. The van der Waals surface area contributed by atoms with Crippen molar-refractivity contribution in [1.29, 1.82) is 0 Å². The molecule has 0 aliphatic heterocycles. The molecule has 0 saturated heterocycles. The highest BCUT2D eigenvalue weighted by molar-refractivity contribution is 5.79. The molecule has 12 heavy (non-hydrogen) atoms. The summed E-state index contributed by atoms with van der Waals surface area (Å²) >= 11 is 0. The third-order valence-electron chi connectivity index (χ3n) is 2.81. The first-order valence-electron chi connectivity index (χ1n) is 4.35. The Kier molecular flexibility index (Phi) is 3.71. The van der Waals surface area contributed by atoms with Crippen LogP contribution >= 0.6 is 0 Å². The van der Waals surface area contributed by atoms with Gasteiger partial charge in [0, 0.05) is 5.54 Å². The van der Waals surface area contributed by atoms with E-state index in [1.807, 2.05) is 18.9 Å². The van der Waals surface area contributed by atoms with Gasteiger partial charge in [0.2, 0.25) is 5.91 Å². The molecule has 3 nitrogen and oxygen atoms in total. The number of primary amides is 1. The van der Waals surface area contributed by atoms with E-state index in [-0.39, 0.29) is 17.5 Å². The van der Waals surface area contributed by atoms with Gasteiger partial charge in [-0.25, -0.2) is 0 Å². The van der Waals surface area contributed by atoms with Crippen molar-refractivity contribution in [2.24, 2.45) is 5.73 Å². The highest BCUT2D eigenvalue weighted by Crippen LogP contribution is 2.18. The highest BCUT2D eigenvalue weighted by Gasteiger charge is 2.27. The van der Waals surface area contributed by atoms with Crippen molar-refractivity contribution in [2.75, 3.05) is 7.05 Å². The summed E-state index contributed by atoms with van der Waals surface area (Å²) in [5.74, 6) is -0.265. The van der Waals surface area contributed by atoms with Gasteiger partial charge in [-0.3, -0.25) is 9.69 Å². The maximum absolute atomic E-state index is 10.9. The molecule has 0 aromatic rings. The smallest absolute Gasteiger partial charge is 0.234 e. The minimum Gasteiger partial charge on any atom is -0.368 e.